The van der Waals surface area contributed by atoms with E-state index in [9.17, 15) is 9.59 Å². The van der Waals surface area contributed by atoms with E-state index in [4.69, 9.17) is 9.47 Å². The van der Waals surface area contributed by atoms with Gasteiger partial charge < -0.3 is 20.1 Å². The molecule has 2 bridgehead atoms. The lowest BCUT2D eigenvalue weighted by Gasteiger charge is -2.46. The van der Waals surface area contributed by atoms with E-state index in [2.05, 4.69) is 25.9 Å². The van der Waals surface area contributed by atoms with E-state index in [1.54, 1.807) is 19.3 Å². The molecule has 0 unspecified atom stereocenters. The molecule has 4 heterocycles. The highest BCUT2D eigenvalue weighted by Gasteiger charge is 2.43. The lowest BCUT2D eigenvalue weighted by molar-refractivity contribution is -0.0870. The highest BCUT2D eigenvalue weighted by molar-refractivity contribution is 6.02. The molecular formula is C21H28N6O4. The van der Waals surface area contributed by atoms with Gasteiger partial charge in [0, 0.05) is 30.9 Å². The molecule has 31 heavy (non-hydrogen) atoms. The molecule has 0 radical (unpaired) electrons. The summed E-state index contributed by atoms with van der Waals surface area (Å²) in [5.74, 6) is 0.414. The minimum atomic E-state index is -0.344. The molecule has 2 atom stereocenters. The van der Waals surface area contributed by atoms with Crippen LogP contribution in [-0.4, -0.2) is 56.3 Å². The maximum absolute atomic E-state index is 12.5. The standard InChI is InChI=1S/C21H28N6O4/c1-27-17(6-9-22-27)19(28)23-18-11-16(25-26-18)13-2-3-15(10-13)31-20(29)24-21-7-4-14(5-8-21)30-12-21/h6,9,11,13-15H,2-5,7-8,10,12H2,1H3,(H,24,29)(H2,23,25,26,28)/t13-,14?,15+,21?/m0/s1. The van der Waals surface area contributed by atoms with E-state index in [0.29, 0.717) is 24.2 Å². The van der Waals surface area contributed by atoms with Crippen molar-refractivity contribution in [3.63, 3.8) is 0 Å². The van der Waals surface area contributed by atoms with Crippen molar-refractivity contribution in [3.8, 4) is 0 Å². The predicted molar refractivity (Wildman–Crippen MR) is 111 cm³/mol. The van der Waals surface area contributed by atoms with Crippen LogP contribution in [-0.2, 0) is 16.5 Å². The average Bonchev–Trinajstić information content (AvgIpc) is 3.50. The van der Waals surface area contributed by atoms with E-state index in [1.165, 1.54) is 4.68 Å². The number of aromatic amines is 1. The number of hydrogen-bond donors (Lipinski definition) is 3. The summed E-state index contributed by atoms with van der Waals surface area (Å²) >= 11 is 0. The van der Waals surface area contributed by atoms with Gasteiger partial charge >= 0.3 is 6.09 Å². The molecule has 2 saturated heterocycles. The third kappa shape index (κ3) is 4.16. The Morgan fingerprint density at radius 2 is 2.13 bits per heavy atom. The van der Waals surface area contributed by atoms with Crippen LogP contribution in [0.4, 0.5) is 10.6 Å². The smallest absolute Gasteiger partial charge is 0.407 e. The van der Waals surface area contributed by atoms with Gasteiger partial charge in [-0.1, -0.05) is 0 Å². The number of nitrogens with zero attached hydrogens (tertiary/aromatic N) is 3. The second kappa shape index (κ2) is 7.99. The number of aromatic nitrogens is 4. The fraction of sp³-hybridized carbons (Fsp3) is 0.619. The summed E-state index contributed by atoms with van der Waals surface area (Å²) in [5.41, 5.74) is 1.14. The monoisotopic (exact) mass is 428 g/mol. The van der Waals surface area contributed by atoms with Crippen molar-refractivity contribution in [3.05, 3.63) is 29.7 Å². The Kier molecular flexibility index (Phi) is 5.17. The first-order chi connectivity index (χ1) is 15.0. The molecule has 4 fully saturated rings. The summed E-state index contributed by atoms with van der Waals surface area (Å²) < 4.78 is 13.0. The van der Waals surface area contributed by atoms with Crippen molar-refractivity contribution in [1.29, 1.82) is 0 Å². The molecule has 0 spiro atoms. The predicted octanol–water partition coefficient (Wildman–Crippen LogP) is 2.47. The third-order valence-corrected chi connectivity index (χ3v) is 6.84. The highest BCUT2D eigenvalue weighted by Crippen LogP contribution is 2.38. The first kappa shape index (κ1) is 20.0. The second-order valence-electron chi connectivity index (χ2n) is 8.96. The minimum absolute atomic E-state index is 0.127. The number of anilines is 1. The summed E-state index contributed by atoms with van der Waals surface area (Å²) in [6.45, 7) is 0.585. The van der Waals surface area contributed by atoms with Crippen molar-refractivity contribution >= 4 is 17.8 Å². The molecule has 2 aliphatic heterocycles. The number of rotatable bonds is 5. The van der Waals surface area contributed by atoms with Crippen molar-refractivity contribution in [2.75, 3.05) is 11.9 Å². The molecule has 2 aliphatic carbocycles. The Hall–Kier alpha value is -2.88. The summed E-state index contributed by atoms with van der Waals surface area (Å²) in [6, 6.07) is 3.50. The number of ether oxygens (including phenoxy) is 2. The van der Waals surface area contributed by atoms with Crippen LogP contribution in [0.25, 0.3) is 0 Å². The van der Waals surface area contributed by atoms with Crippen LogP contribution < -0.4 is 10.6 Å². The van der Waals surface area contributed by atoms with E-state index in [0.717, 1.165) is 50.6 Å². The number of carbonyl (C=O) groups is 2. The minimum Gasteiger partial charge on any atom is -0.446 e. The molecule has 0 aromatic carbocycles. The number of fused-ring (bicyclic) bond motifs is 3. The van der Waals surface area contributed by atoms with Crippen molar-refractivity contribution in [2.24, 2.45) is 7.05 Å². The molecule has 4 aliphatic rings. The van der Waals surface area contributed by atoms with Crippen molar-refractivity contribution in [2.45, 2.75) is 68.6 Å². The average molecular weight is 428 g/mol. The largest absolute Gasteiger partial charge is 0.446 e. The molecule has 10 nitrogen and oxygen atoms in total. The van der Waals surface area contributed by atoms with Gasteiger partial charge in [-0.2, -0.15) is 10.2 Å². The van der Waals surface area contributed by atoms with Gasteiger partial charge in [-0.25, -0.2) is 4.79 Å². The molecule has 2 amide bonds. The number of H-pyrrole nitrogens is 1. The summed E-state index contributed by atoms with van der Waals surface area (Å²) in [4.78, 5) is 24.8. The topological polar surface area (TPSA) is 123 Å². The van der Waals surface area contributed by atoms with Crippen LogP contribution in [0.2, 0.25) is 0 Å². The van der Waals surface area contributed by atoms with Gasteiger partial charge in [0.05, 0.1) is 18.2 Å². The van der Waals surface area contributed by atoms with Gasteiger partial charge in [-0.3, -0.25) is 14.6 Å². The molecule has 6 rings (SSSR count). The van der Waals surface area contributed by atoms with Crippen LogP contribution in [0, 0.1) is 0 Å². The van der Waals surface area contributed by atoms with E-state index < -0.39 is 0 Å². The summed E-state index contributed by atoms with van der Waals surface area (Å²) in [6.07, 6.45) is 7.83. The number of nitrogens with one attached hydrogen (secondary N) is 3. The van der Waals surface area contributed by atoms with E-state index in [1.807, 2.05) is 6.07 Å². The highest BCUT2D eigenvalue weighted by atomic mass is 16.6. The Morgan fingerprint density at radius 3 is 2.84 bits per heavy atom. The summed E-state index contributed by atoms with van der Waals surface area (Å²) in [7, 11) is 1.71. The maximum atomic E-state index is 12.5. The molecule has 2 aromatic rings. The number of carbonyl (C=O) groups excluding carboxylic acids is 2. The maximum Gasteiger partial charge on any atom is 0.407 e. The molecule has 3 N–H and O–H groups in total. The molecule has 2 aromatic heterocycles. The van der Waals surface area contributed by atoms with E-state index in [-0.39, 0.29) is 29.6 Å². The normalized spacial score (nSPS) is 29.6. The van der Waals surface area contributed by atoms with Gasteiger partial charge in [0.1, 0.15) is 11.8 Å². The first-order valence-electron chi connectivity index (χ1n) is 10.9. The fourth-order valence-corrected chi connectivity index (χ4v) is 5.01. The quantitative estimate of drug-likeness (QED) is 0.672. The molecule has 166 valence electrons. The Balaban J connectivity index is 1.13. The zero-order valence-corrected chi connectivity index (χ0v) is 17.6. The molecule has 10 heteroatoms. The zero-order valence-electron chi connectivity index (χ0n) is 17.6. The van der Waals surface area contributed by atoms with Crippen LogP contribution in [0.5, 0.6) is 0 Å². The molecular weight excluding hydrogens is 400 g/mol. The SMILES string of the molecule is Cn1nccc1C(=O)Nc1cc([C@H]2CC[C@@H](OC(=O)NC34CCC(CC3)OC4)C2)[nH]n1. The fourth-order valence-electron chi connectivity index (χ4n) is 5.01. The third-order valence-electron chi connectivity index (χ3n) is 6.84. The van der Waals surface area contributed by atoms with Crippen molar-refractivity contribution < 1.29 is 19.1 Å². The Bertz CT molecular complexity index is 947. The number of alkyl carbamates (subject to hydrolysis) is 1. The Morgan fingerprint density at radius 1 is 1.29 bits per heavy atom. The number of amides is 2. The summed E-state index contributed by atoms with van der Waals surface area (Å²) in [5, 5.41) is 17.1. The van der Waals surface area contributed by atoms with Crippen molar-refractivity contribution in [1.82, 2.24) is 25.3 Å². The van der Waals surface area contributed by atoms with Gasteiger partial charge in [0.25, 0.3) is 5.91 Å². The van der Waals surface area contributed by atoms with E-state index >= 15 is 0 Å². The van der Waals surface area contributed by atoms with Crippen LogP contribution >= 0.6 is 0 Å². The zero-order chi connectivity index (χ0) is 21.4. The lowest BCUT2D eigenvalue weighted by Crippen LogP contribution is -2.59. The lowest BCUT2D eigenvalue weighted by atomic mass is 9.78. The molecule has 2 saturated carbocycles. The number of hydrogen-bond acceptors (Lipinski definition) is 6. The van der Waals surface area contributed by atoms with Gasteiger partial charge in [0.2, 0.25) is 0 Å². The first-order valence-corrected chi connectivity index (χ1v) is 10.9. The van der Waals surface area contributed by atoms with Crippen LogP contribution in [0.15, 0.2) is 18.3 Å². The van der Waals surface area contributed by atoms with Crippen LogP contribution in [0.1, 0.15) is 67.0 Å². The number of aryl methyl sites for hydroxylation is 1. The Labute approximate surface area is 180 Å². The van der Waals surface area contributed by atoms with Gasteiger partial charge in [0.15, 0.2) is 5.82 Å². The van der Waals surface area contributed by atoms with Crippen LogP contribution in [0.3, 0.4) is 0 Å². The van der Waals surface area contributed by atoms with Gasteiger partial charge in [-0.15, -0.1) is 0 Å². The van der Waals surface area contributed by atoms with Gasteiger partial charge in [-0.05, 0) is 51.0 Å². The second-order valence-corrected chi connectivity index (χ2v) is 8.96.